The number of aliphatic hydroxyl groups is 1. The molecule has 0 aliphatic carbocycles. The van der Waals surface area contributed by atoms with Crippen LogP contribution in [0.4, 0.5) is 0 Å². The number of thiophene rings is 1. The van der Waals surface area contributed by atoms with Gasteiger partial charge in [0.25, 0.3) is 0 Å². The summed E-state index contributed by atoms with van der Waals surface area (Å²) in [4.78, 5) is 14.9. The Morgan fingerprint density at radius 2 is 2.21 bits per heavy atom. The number of aliphatic hydroxyl groups excluding tert-OH is 1. The molecule has 19 heavy (non-hydrogen) atoms. The summed E-state index contributed by atoms with van der Waals surface area (Å²) in [6.45, 7) is 6.43. The third-order valence-electron chi connectivity index (χ3n) is 3.17. The van der Waals surface area contributed by atoms with E-state index in [0.717, 1.165) is 16.9 Å². The average molecular weight is 279 g/mol. The van der Waals surface area contributed by atoms with Crippen LogP contribution in [0.2, 0.25) is 0 Å². The van der Waals surface area contributed by atoms with E-state index in [4.69, 9.17) is 5.11 Å². The van der Waals surface area contributed by atoms with Crippen molar-refractivity contribution in [3.8, 4) is 11.8 Å². The van der Waals surface area contributed by atoms with Crippen molar-refractivity contribution < 1.29 is 9.90 Å². The molecule has 104 valence electrons. The second-order valence-electron chi connectivity index (χ2n) is 5.18. The highest BCUT2D eigenvalue weighted by Crippen LogP contribution is 2.24. The van der Waals surface area contributed by atoms with Gasteiger partial charge in [-0.15, -0.1) is 11.3 Å². The average Bonchev–Trinajstić information content (AvgIpc) is 2.82. The lowest BCUT2D eigenvalue weighted by Gasteiger charge is -2.28. The highest BCUT2D eigenvalue weighted by Gasteiger charge is 2.28. The van der Waals surface area contributed by atoms with Crippen molar-refractivity contribution in [2.24, 2.45) is 5.41 Å². The van der Waals surface area contributed by atoms with E-state index in [1.165, 1.54) is 11.3 Å². The zero-order chi connectivity index (χ0) is 14.5. The van der Waals surface area contributed by atoms with E-state index in [2.05, 4.69) is 11.8 Å². The smallest absolute Gasteiger partial charge is 0.228 e. The third kappa shape index (κ3) is 4.38. The quantitative estimate of drug-likeness (QED) is 0.860. The summed E-state index contributed by atoms with van der Waals surface area (Å²) in [5.74, 6) is 5.65. The van der Waals surface area contributed by atoms with Gasteiger partial charge in [-0.1, -0.05) is 32.6 Å². The lowest BCUT2D eigenvalue weighted by atomic mass is 9.88. The molecular formula is C15H21NO2S. The zero-order valence-electron chi connectivity index (χ0n) is 12.0. The molecule has 0 fully saturated rings. The first-order valence-electron chi connectivity index (χ1n) is 6.33. The Labute approximate surface area is 119 Å². The molecule has 1 heterocycles. The summed E-state index contributed by atoms with van der Waals surface area (Å²) < 4.78 is 0. The summed E-state index contributed by atoms with van der Waals surface area (Å²) >= 11 is 1.53. The largest absolute Gasteiger partial charge is 0.384 e. The van der Waals surface area contributed by atoms with Gasteiger partial charge in [-0.05, 0) is 23.4 Å². The van der Waals surface area contributed by atoms with Crippen LogP contribution < -0.4 is 0 Å². The number of rotatable bonds is 4. The van der Waals surface area contributed by atoms with Gasteiger partial charge in [-0.2, -0.15) is 0 Å². The minimum Gasteiger partial charge on any atom is -0.384 e. The fourth-order valence-corrected chi connectivity index (χ4v) is 2.44. The fraction of sp³-hybridized carbons (Fsp3) is 0.533. The van der Waals surface area contributed by atoms with E-state index < -0.39 is 0 Å². The molecule has 3 nitrogen and oxygen atoms in total. The van der Waals surface area contributed by atoms with E-state index in [1.807, 2.05) is 39.3 Å². The van der Waals surface area contributed by atoms with E-state index >= 15 is 0 Å². The van der Waals surface area contributed by atoms with Gasteiger partial charge in [-0.25, -0.2) is 0 Å². The maximum absolute atomic E-state index is 12.2. The Bertz CT molecular complexity index is 494. The molecule has 0 spiro atoms. The second kappa shape index (κ2) is 6.74. The van der Waals surface area contributed by atoms with Crippen molar-refractivity contribution in [1.29, 1.82) is 0 Å². The number of carbonyl (C=O) groups excluding carboxylic acids is 1. The van der Waals surface area contributed by atoms with Gasteiger partial charge >= 0.3 is 0 Å². The van der Waals surface area contributed by atoms with Crippen molar-refractivity contribution in [1.82, 2.24) is 4.90 Å². The van der Waals surface area contributed by atoms with Crippen LogP contribution in [0.1, 0.15) is 37.6 Å². The van der Waals surface area contributed by atoms with Gasteiger partial charge in [0.05, 0.1) is 4.88 Å². The Kier molecular flexibility index (Phi) is 5.59. The van der Waals surface area contributed by atoms with Crippen LogP contribution in [0.3, 0.4) is 0 Å². The topological polar surface area (TPSA) is 40.5 Å². The van der Waals surface area contributed by atoms with Crippen LogP contribution >= 0.6 is 11.3 Å². The molecule has 1 rings (SSSR count). The van der Waals surface area contributed by atoms with Gasteiger partial charge in [-0.3, -0.25) is 4.79 Å². The molecule has 1 aromatic rings. The molecule has 0 saturated heterocycles. The maximum atomic E-state index is 12.2. The highest BCUT2D eigenvalue weighted by atomic mass is 32.1. The van der Waals surface area contributed by atoms with Crippen LogP contribution in [0, 0.1) is 17.3 Å². The van der Waals surface area contributed by atoms with Gasteiger partial charge in [0.15, 0.2) is 0 Å². The minimum absolute atomic E-state index is 0.129. The summed E-state index contributed by atoms with van der Waals surface area (Å²) in [6.07, 6.45) is 0.826. The van der Waals surface area contributed by atoms with E-state index in [9.17, 15) is 4.79 Å². The third-order valence-corrected chi connectivity index (χ3v) is 4.07. The Morgan fingerprint density at radius 3 is 2.79 bits per heavy atom. The normalized spacial score (nSPS) is 10.8. The first-order chi connectivity index (χ1) is 8.90. The van der Waals surface area contributed by atoms with Crippen LogP contribution in [0.15, 0.2) is 11.4 Å². The van der Waals surface area contributed by atoms with Crippen molar-refractivity contribution >= 4 is 17.2 Å². The molecule has 0 aliphatic heterocycles. The molecule has 0 aromatic carbocycles. The minimum atomic E-state index is -0.315. The first-order valence-corrected chi connectivity index (χ1v) is 7.21. The molecule has 0 radical (unpaired) electrons. The number of nitrogens with zero attached hydrogens (tertiary/aromatic N) is 1. The fourth-order valence-electron chi connectivity index (χ4n) is 1.66. The molecule has 4 heteroatoms. The molecular weight excluding hydrogens is 258 g/mol. The van der Waals surface area contributed by atoms with E-state index in [-0.39, 0.29) is 17.9 Å². The monoisotopic (exact) mass is 279 g/mol. The number of hydrogen-bond acceptors (Lipinski definition) is 3. The van der Waals surface area contributed by atoms with Crippen molar-refractivity contribution in [3.05, 3.63) is 21.9 Å². The first kappa shape index (κ1) is 15.7. The molecule has 1 aromatic heterocycles. The Balaban J connectivity index is 2.69. The van der Waals surface area contributed by atoms with Crippen molar-refractivity contribution in [2.75, 3.05) is 13.7 Å². The SMILES string of the molecule is CCC(C)(C)C(=O)N(C)Cc1csc(C#CCO)c1. The molecule has 0 bridgehead atoms. The van der Waals surface area contributed by atoms with Gasteiger partial charge in [0.2, 0.25) is 5.91 Å². The number of hydrogen-bond donors (Lipinski definition) is 1. The van der Waals surface area contributed by atoms with Gasteiger partial charge in [0, 0.05) is 19.0 Å². The standard InChI is InChI=1S/C15H21NO2S/c1-5-15(2,3)14(18)16(4)10-12-9-13(19-11-12)7-6-8-17/h9,11,17H,5,8,10H2,1-4H3. The van der Waals surface area contributed by atoms with E-state index in [0.29, 0.717) is 6.54 Å². The number of amides is 1. The number of carbonyl (C=O) groups is 1. The predicted octanol–water partition coefficient (Wildman–Crippen LogP) is 2.49. The molecule has 0 saturated carbocycles. The lowest BCUT2D eigenvalue weighted by Crippen LogP contribution is -2.37. The lowest BCUT2D eigenvalue weighted by molar-refractivity contribution is -0.139. The van der Waals surface area contributed by atoms with Gasteiger partial charge in [0.1, 0.15) is 6.61 Å². The molecule has 0 atom stereocenters. The van der Waals surface area contributed by atoms with Crippen molar-refractivity contribution in [2.45, 2.75) is 33.7 Å². The Hall–Kier alpha value is -1.31. The summed E-state index contributed by atoms with van der Waals surface area (Å²) in [5, 5.41) is 10.7. The van der Waals surface area contributed by atoms with Crippen LogP contribution in [0.5, 0.6) is 0 Å². The van der Waals surface area contributed by atoms with E-state index in [1.54, 1.807) is 4.90 Å². The summed E-state index contributed by atoms with van der Waals surface area (Å²) in [7, 11) is 1.83. The summed E-state index contributed by atoms with van der Waals surface area (Å²) in [5.41, 5.74) is 0.764. The van der Waals surface area contributed by atoms with Gasteiger partial charge < -0.3 is 10.0 Å². The highest BCUT2D eigenvalue weighted by molar-refractivity contribution is 7.10. The van der Waals surface area contributed by atoms with Crippen molar-refractivity contribution in [3.63, 3.8) is 0 Å². The second-order valence-corrected chi connectivity index (χ2v) is 6.09. The van der Waals surface area contributed by atoms with Crippen LogP contribution in [-0.2, 0) is 11.3 Å². The predicted molar refractivity (Wildman–Crippen MR) is 78.8 cm³/mol. The molecule has 0 unspecified atom stereocenters. The zero-order valence-corrected chi connectivity index (χ0v) is 12.8. The molecule has 0 aliphatic rings. The molecule has 1 amide bonds. The Morgan fingerprint density at radius 1 is 1.53 bits per heavy atom. The summed E-state index contributed by atoms with van der Waals surface area (Å²) in [6, 6.07) is 1.97. The van der Waals surface area contributed by atoms with Crippen LogP contribution in [0.25, 0.3) is 0 Å². The molecule has 1 N–H and O–H groups in total. The maximum Gasteiger partial charge on any atom is 0.228 e. The van der Waals surface area contributed by atoms with Crippen LogP contribution in [-0.4, -0.2) is 29.6 Å².